The molecule has 2 aliphatic rings. The molecule has 1 aromatic heterocycles. The first-order valence-electron chi connectivity index (χ1n) is 6.89. The van der Waals surface area contributed by atoms with Crippen LogP contribution in [-0.2, 0) is 11.2 Å². The number of nitrogens with zero attached hydrogens (tertiary/aromatic N) is 3. The van der Waals surface area contributed by atoms with Crippen LogP contribution in [0.25, 0.3) is 0 Å². The highest BCUT2D eigenvalue weighted by Crippen LogP contribution is 2.43. The zero-order valence-corrected chi connectivity index (χ0v) is 10.8. The van der Waals surface area contributed by atoms with E-state index in [0.717, 1.165) is 11.6 Å². The Kier molecular flexibility index (Phi) is 2.84. The molecule has 0 aromatic carbocycles. The number of nitrogens with two attached hydrogens (primary N) is 1. The van der Waals surface area contributed by atoms with Crippen molar-refractivity contribution in [1.82, 2.24) is 15.0 Å². The SMILES string of the molecule is CC(C1CC1)n1nnc(CC(N)=O)c1C1CCC1. The molecule has 1 amide bonds. The van der Waals surface area contributed by atoms with E-state index in [9.17, 15) is 4.79 Å². The van der Waals surface area contributed by atoms with Crippen LogP contribution in [0.4, 0.5) is 0 Å². The van der Waals surface area contributed by atoms with Crippen LogP contribution in [0.15, 0.2) is 0 Å². The lowest BCUT2D eigenvalue weighted by molar-refractivity contribution is -0.117. The lowest BCUT2D eigenvalue weighted by Crippen LogP contribution is -2.22. The van der Waals surface area contributed by atoms with Crippen molar-refractivity contribution in [3.05, 3.63) is 11.4 Å². The molecule has 3 rings (SSSR count). The van der Waals surface area contributed by atoms with E-state index in [2.05, 4.69) is 21.9 Å². The van der Waals surface area contributed by atoms with Gasteiger partial charge in [0.1, 0.15) is 0 Å². The van der Waals surface area contributed by atoms with E-state index >= 15 is 0 Å². The van der Waals surface area contributed by atoms with Gasteiger partial charge in [-0.25, -0.2) is 4.68 Å². The summed E-state index contributed by atoms with van der Waals surface area (Å²) in [5, 5.41) is 8.49. The summed E-state index contributed by atoms with van der Waals surface area (Å²) in [5.74, 6) is 0.962. The van der Waals surface area contributed by atoms with E-state index in [1.165, 1.54) is 37.8 Å². The molecule has 2 N–H and O–H groups in total. The largest absolute Gasteiger partial charge is 0.369 e. The van der Waals surface area contributed by atoms with E-state index < -0.39 is 0 Å². The molecule has 5 nitrogen and oxygen atoms in total. The smallest absolute Gasteiger partial charge is 0.223 e. The third kappa shape index (κ3) is 2.02. The molecule has 98 valence electrons. The number of primary amides is 1. The summed E-state index contributed by atoms with van der Waals surface area (Å²) in [4.78, 5) is 11.1. The Hall–Kier alpha value is -1.39. The molecule has 1 aromatic rings. The maximum absolute atomic E-state index is 11.1. The molecule has 18 heavy (non-hydrogen) atoms. The Balaban J connectivity index is 1.91. The summed E-state index contributed by atoms with van der Waals surface area (Å²) in [6, 6.07) is 0.412. The summed E-state index contributed by atoms with van der Waals surface area (Å²) in [6.07, 6.45) is 6.45. The molecule has 1 atom stereocenters. The monoisotopic (exact) mass is 248 g/mol. The fourth-order valence-electron chi connectivity index (χ4n) is 2.81. The van der Waals surface area contributed by atoms with Crippen LogP contribution in [-0.4, -0.2) is 20.9 Å². The number of rotatable bonds is 5. The van der Waals surface area contributed by atoms with Crippen LogP contribution in [0.5, 0.6) is 0 Å². The average molecular weight is 248 g/mol. The second kappa shape index (κ2) is 4.37. The number of hydrogen-bond acceptors (Lipinski definition) is 3. The second-order valence-electron chi connectivity index (χ2n) is 5.71. The van der Waals surface area contributed by atoms with Gasteiger partial charge in [-0.2, -0.15) is 0 Å². The normalized spacial score (nSPS) is 21.6. The van der Waals surface area contributed by atoms with Gasteiger partial charge in [0.05, 0.1) is 23.9 Å². The molecule has 0 saturated heterocycles. The maximum Gasteiger partial charge on any atom is 0.223 e. The number of carbonyl (C=O) groups is 1. The van der Waals surface area contributed by atoms with E-state index in [1.807, 2.05) is 0 Å². The minimum Gasteiger partial charge on any atom is -0.369 e. The molecule has 5 heteroatoms. The first-order chi connectivity index (χ1) is 8.66. The fraction of sp³-hybridized carbons (Fsp3) is 0.769. The minimum absolute atomic E-state index is 0.225. The Bertz CT molecular complexity index is 460. The Labute approximate surface area is 107 Å². The molecule has 1 heterocycles. The summed E-state index contributed by atoms with van der Waals surface area (Å²) in [7, 11) is 0. The second-order valence-corrected chi connectivity index (χ2v) is 5.71. The maximum atomic E-state index is 11.1. The molecule has 0 spiro atoms. The molecule has 2 saturated carbocycles. The Morgan fingerprint density at radius 2 is 2.17 bits per heavy atom. The van der Waals surface area contributed by atoms with E-state index in [4.69, 9.17) is 5.73 Å². The van der Waals surface area contributed by atoms with Gasteiger partial charge in [-0.05, 0) is 38.5 Å². The predicted molar refractivity (Wildman–Crippen MR) is 66.9 cm³/mol. The van der Waals surface area contributed by atoms with Gasteiger partial charge in [-0.15, -0.1) is 5.10 Å². The van der Waals surface area contributed by atoms with Crippen molar-refractivity contribution >= 4 is 5.91 Å². The fourth-order valence-corrected chi connectivity index (χ4v) is 2.81. The highest BCUT2D eigenvalue weighted by Gasteiger charge is 2.35. The molecular formula is C13H20N4O. The molecule has 0 aliphatic heterocycles. The van der Waals surface area contributed by atoms with E-state index in [1.54, 1.807) is 0 Å². The summed E-state index contributed by atoms with van der Waals surface area (Å²) in [5.41, 5.74) is 7.28. The first-order valence-corrected chi connectivity index (χ1v) is 6.89. The van der Waals surface area contributed by atoms with Crippen molar-refractivity contribution in [1.29, 1.82) is 0 Å². The van der Waals surface area contributed by atoms with Gasteiger partial charge >= 0.3 is 0 Å². The summed E-state index contributed by atoms with van der Waals surface area (Å²) in [6.45, 7) is 2.21. The summed E-state index contributed by atoms with van der Waals surface area (Å²) >= 11 is 0. The molecular weight excluding hydrogens is 228 g/mol. The highest BCUT2D eigenvalue weighted by molar-refractivity contribution is 5.76. The van der Waals surface area contributed by atoms with Crippen molar-refractivity contribution in [2.24, 2.45) is 11.7 Å². The third-order valence-corrected chi connectivity index (χ3v) is 4.33. The number of carbonyl (C=O) groups excluding carboxylic acids is 1. The van der Waals surface area contributed by atoms with Crippen molar-refractivity contribution in [3.63, 3.8) is 0 Å². The van der Waals surface area contributed by atoms with Gasteiger partial charge in [0.15, 0.2) is 0 Å². The Morgan fingerprint density at radius 3 is 2.67 bits per heavy atom. The first kappa shape index (κ1) is 11.7. The Morgan fingerprint density at radius 1 is 1.44 bits per heavy atom. The molecule has 1 unspecified atom stereocenters. The topological polar surface area (TPSA) is 73.8 Å². The quantitative estimate of drug-likeness (QED) is 0.859. The van der Waals surface area contributed by atoms with Crippen molar-refractivity contribution in [2.75, 3.05) is 0 Å². The third-order valence-electron chi connectivity index (χ3n) is 4.33. The number of amides is 1. The molecule has 2 fully saturated rings. The van der Waals surface area contributed by atoms with Crippen LogP contribution >= 0.6 is 0 Å². The van der Waals surface area contributed by atoms with Crippen LogP contribution < -0.4 is 5.73 Å². The lowest BCUT2D eigenvalue weighted by atomic mass is 9.81. The van der Waals surface area contributed by atoms with Crippen molar-refractivity contribution in [2.45, 2.75) is 57.4 Å². The molecule has 0 radical (unpaired) electrons. The predicted octanol–water partition coefficient (Wildman–Crippen LogP) is 1.54. The summed E-state index contributed by atoms with van der Waals surface area (Å²) < 4.78 is 2.07. The van der Waals surface area contributed by atoms with Gasteiger partial charge in [0.25, 0.3) is 0 Å². The van der Waals surface area contributed by atoms with Crippen LogP contribution in [0.1, 0.15) is 62.4 Å². The van der Waals surface area contributed by atoms with Gasteiger partial charge in [-0.3, -0.25) is 4.79 Å². The zero-order valence-electron chi connectivity index (χ0n) is 10.8. The van der Waals surface area contributed by atoms with Gasteiger partial charge in [0, 0.05) is 5.92 Å². The zero-order chi connectivity index (χ0) is 12.7. The van der Waals surface area contributed by atoms with Crippen molar-refractivity contribution < 1.29 is 4.79 Å². The van der Waals surface area contributed by atoms with E-state index in [-0.39, 0.29) is 12.3 Å². The number of hydrogen-bond donors (Lipinski definition) is 1. The van der Waals surface area contributed by atoms with Gasteiger partial charge in [-0.1, -0.05) is 11.6 Å². The standard InChI is InChI=1S/C13H20N4O/c1-8(9-5-6-9)17-13(10-3-2-4-10)11(15-16-17)7-12(14)18/h8-10H,2-7H2,1H3,(H2,14,18). The van der Waals surface area contributed by atoms with Crippen molar-refractivity contribution in [3.8, 4) is 0 Å². The van der Waals surface area contributed by atoms with Crippen LogP contribution in [0, 0.1) is 5.92 Å². The van der Waals surface area contributed by atoms with Crippen LogP contribution in [0.2, 0.25) is 0 Å². The van der Waals surface area contributed by atoms with E-state index in [0.29, 0.717) is 12.0 Å². The number of aromatic nitrogens is 3. The van der Waals surface area contributed by atoms with Crippen LogP contribution in [0.3, 0.4) is 0 Å². The van der Waals surface area contributed by atoms with Gasteiger partial charge < -0.3 is 5.73 Å². The highest BCUT2D eigenvalue weighted by atomic mass is 16.1. The molecule has 0 bridgehead atoms. The average Bonchev–Trinajstić information content (AvgIpc) is 3.01. The van der Waals surface area contributed by atoms with Gasteiger partial charge in [0.2, 0.25) is 5.91 Å². The molecule has 2 aliphatic carbocycles. The minimum atomic E-state index is -0.318. The lowest BCUT2D eigenvalue weighted by Gasteiger charge is -2.28.